The van der Waals surface area contributed by atoms with Crippen LogP contribution in [0.25, 0.3) is 0 Å². The SMILES string of the molecule is CCNC(=NCc1ccccc1Cl)NCCC1=CCOCC1.I. The molecule has 0 radical (unpaired) electrons. The van der Waals surface area contributed by atoms with Gasteiger partial charge in [0.05, 0.1) is 19.8 Å². The van der Waals surface area contributed by atoms with Gasteiger partial charge in [-0.05, 0) is 31.4 Å². The Labute approximate surface area is 160 Å². The third kappa shape index (κ3) is 7.54. The van der Waals surface area contributed by atoms with Gasteiger partial charge in [0, 0.05) is 18.1 Å². The molecule has 0 atom stereocenters. The van der Waals surface area contributed by atoms with Crippen molar-refractivity contribution < 1.29 is 4.74 Å². The van der Waals surface area contributed by atoms with Gasteiger partial charge in [-0.1, -0.05) is 41.4 Å². The molecule has 23 heavy (non-hydrogen) atoms. The second-order valence-corrected chi connectivity index (χ2v) is 5.56. The molecular weight excluding hydrogens is 425 g/mol. The minimum atomic E-state index is 0. The number of rotatable bonds is 6. The molecule has 0 bridgehead atoms. The predicted molar refractivity (Wildman–Crippen MR) is 108 cm³/mol. The highest BCUT2D eigenvalue weighted by Crippen LogP contribution is 2.15. The van der Waals surface area contributed by atoms with Crippen LogP contribution in [-0.4, -0.2) is 32.3 Å². The van der Waals surface area contributed by atoms with Gasteiger partial charge in [0.15, 0.2) is 5.96 Å². The lowest BCUT2D eigenvalue weighted by Gasteiger charge is -2.15. The average molecular weight is 450 g/mol. The lowest BCUT2D eigenvalue weighted by molar-refractivity contribution is 0.153. The van der Waals surface area contributed by atoms with Gasteiger partial charge in [0.2, 0.25) is 0 Å². The van der Waals surface area contributed by atoms with Crippen molar-refractivity contribution in [2.24, 2.45) is 4.99 Å². The van der Waals surface area contributed by atoms with Gasteiger partial charge in [-0.2, -0.15) is 0 Å². The molecular formula is C17H25ClIN3O. The van der Waals surface area contributed by atoms with E-state index in [1.165, 1.54) is 5.57 Å². The summed E-state index contributed by atoms with van der Waals surface area (Å²) in [6.45, 7) is 5.94. The maximum absolute atomic E-state index is 6.16. The number of guanidine groups is 1. The first-order valence-corrected chi connectivity index (χ1v) is 8.18. The van der Waals surface area contributed by atoms with Crippen LogP contribution in [-0.2, 0) is 11.3 Å². The molecule has 1 aliphatic rings. The van der Waals surface area contributed by atoms with Crippen molar-refractivity contribution in [2.45, 2.75) is 26.3 Å². The maximum Gasteiger partial charge on any atom is 0.191 e. The number of aliphatic imine (C=N–C) groups is 1. The molecule has 0 saturated carbocycles. The van der Waals surface area contributed by atoms with E-state index in [9.17, 15) is 0 Å². The summed E-state index contributed by atoms with van der Waals surface area (Å²) in [6.07, 6.45) is 4.24. The van der Waals surface area contributed by atoms with E-state index in [1.807, 2.05) is 24.3 Å². The van der Waals surface area contributed by atoms with Crippen molar-refractivity contribution in [1.82, 2.24) is 10.6 Å². The number of nitrogens with one attached hydrogen (secondary N) is 2. The smallest absolute Gasteiger partial charge is 0.191 e. The first-order chi connectivity index (χ1) is 10.8. The zero-order valence-electron chi connectivity index (χ0n) is 13.5. The number of halogens is 2. The van der Waals surface area contributed by atoms with Gasteiger partial charge in [-0.25, -0.2) is 4.99 Å². The summed E-state index contributed by atoms with van der Waals surface area (Å²) in [7, 11) is 0. The van der Waals surface area contributed by atoms with Crippen molar-refractivity contribution in [1.29, 1.82) is 0 Å². The predicted octanol–water partition coefficient (Wildman–Crippen LogP) is 3.75. The first-order valence-electron chi connectivity index (χ1n) is 7.81. The highest BCUT2D eigenvalue weighted by Gasteiger charge is 2.04. The minimum Gasteiger partial charge on any atom is -0.377 e. The van der Waals surface area contributed by atoms with Gasteiger partial charge in [-0.15, -0.1) is 24.0 Å². The number of ether oxygens (including phenoxy) is 1. The van der Waals surface area contributed by atoms with Gasteiger partial charge < -0.3 is 15.4 Å². The van der Waals surface area contributed by atoms with Crippen LogP contribution in [0.1, 0.15) is 25.3 Å². The Bertz CT molecular complexity index is 534. The summed E-state index contributed by atoms with van der Waals surface area (Å²) in [5.41, 5.74) is 2.49. The van der Waals surface area contributed by atoms with Crippen LogP contribution in [0.4, 0.5) is 0 Å². The van der Waals surface area contributed by atoms with Crippen LogP contribution in [0.2, 0.25) is 5.02 Å². The van der Waals surface area contributed by atoms with E-state index in [0.29, 0.717) is 6.54 Å². The first kappa shape index (κ1) is 20.3. The zero-order chi connectivity index (χ0) is 15.6. The Morgan fingerprint density at radius 2 is 2.13 bits per heavy atom. The Morgan fingerprint density at radius 3 is 2.83 bits per heavy atom. The van der Waals surface area contributed by atoms with Crippen LogP contribution in [0.15, 0.2) is 40.9 Å². The molecule has 2 N–H and O–H groups in total. The van der Waals surface area contributed by atoms with Crippen LogP contribution in [0.5, 0.6) is 0 Å². The number of hydrogen-bond donors (Lipinski definition) is 2. The molecule has 0 aliphatic carbocycles. The minimum absolute atomic E-state index is 0. The summed E-state index contributed by atoms with van der Waals surface area (Å²) in [5, 5.41) is 7.39. The maximum atomic E-state index is 6.16. The largest absolute Gasteiger partial charge is 0.377 e. The molecule has 0 amide bonds. The van der Waals surface area contributed by atoms with E-state index in [1.54, 1.807) is 0 Å². The fraction of sp³-hybridized carbons (Fsp3) is 0.471. The van der Waals surface area contributed by atoms with E-state index >= 15 is 0 Å². The molecule has 0 spiro atoms. The summed E-state index contributed by atoms with van der Waals surface area (Å²) in [6, 6.07) is 7.81. The van der Waals surface area contributed by atoms with Crippen molar-refractivity contribution in [2.75, 3.05) is 26.3 Å². The summed E-state index contributed by atoms with van der Waals surface area (Å²) in [5.74, 6) is 0.829. The van der Waals surface area contributed by atoms with E-state index in [-0.39, 0.29) is 24.0 Å². The highest BCUT2D eigenvalue weighted by molar-refractivity contribution is 14.0. The quantitative estimate of drug-likeness (QED) is 0.301. The summed E-state index contributed by atoms with van der Waals surface area (Å²) >= 11 is 6.16. The van der Waals surface area contributed by atoms with Crippen LogP contribution in [0.3, 0.4) is 0 Å². The van der Waals surface area contributed by atoms with Crippen molar-refractivity contribution >= 4 is 41.5 Å². The highest BCUT2D eigenvalue weighted by atomic mass is 127. The van der Waals surface area contributed by atoms with E-state index < -0.39 is 0 Å². The Hall–Kier alpha value is -0.790. The Balaban J connectivity index is 0.00000264. The molecule has 1 aromatic rings. The number of nitrogens with zero attached hydrogens (tertiary/aromatic N) is 1. The Kier molecular flexibility index (Phi) is 10.3. The van der Waals surface area contributed by atoms with E-state index in [0.717, 1.165) is 55.7 Å². The van der Waals surface area contributed by atoms with Gasteiger partial charge in [0.25, 0.3) is 0 Å². The monoisotopic (exact) mass is 449 g/mol. The fourth-order valence-electron chi connectivity index (χ4n) is 2.27. The lowest BCUT2D eigenvalue weighted by atomic mass is 10.1. The molecule has 6 heteroatoms. The van der Waals surface area contributed by atoms with Gasteiger partial charge >= 0.3 is 0 Å². The second-order valence-electron chi connectivity index (χ2n) is 5.15. The fourth-order valence-corrected chi connectivity index (χ4v) is 2.46. The number of hydrogen-bond acceptors (Lipinski definition) is 2. The molecule has 1 aliphatic heterocycles. The normalized spacial score (nSPS) is 14.7. The van der Waals surface area contributed by atoms with Crippen LogP contribution in [0, 0.1) is 0 Å². The lowest BCUT2D eigenvalue weighted by Crippen LogP contribution is -2.38. The summed E-state index contributed by atoms with van der Waals surface area (Å²) < 4.78 is 5.32. The van der Waals surface area contributed by atoms with Crippen molar-refractivity contribution in [3.63, 3.8) is 0 Å². The standard InChI is InChI=1S/C17H24ClN3O.HI/c1-2-19-17(20-10-7-14-8-11-22-12-9-14)21-13-15-5-3-4-6-16(15)18;/h3-6,8H,2,7,9-13H2,1H3,(H2,19,20,21);1H. The molecule has 4 nitrogen and oxygen atoms in total. The molecule has 0 aromatic heterocycles. The van der Waals surface area contributed by atoms with Crippen LogP contribution >= 0.6 is 35.6 Å². The third-order valence-electron chi connectivity index (χ3n) is 3.51. The van der Waals surface area contributed by atoms with Gasteiger partial charge in [-0.3, -0.25) is 0 Å². The number of benzene rings is 1. The zero-order valence-corrected chi connectivity index (χ0v) is 16.6. The molecule has 0 fully saturated rings. The van der Waals surface area contributed by atoms with Crippen molar-refractivity contribution in [3.05, 3.63) is 46.5 Å². The van der Waals surface area contributed by atoms with Crippen LogP contribution < -0.4 is 10.6 Å². The van der Waals surface area contributed by atoms with E-state index in [2.05, 4.69) is 28.6 Å². The average Bonchev–Trinajstić information content (AvgIpc) is 2.55. The topological polar surface area (TPSA) is 45.7 Å². The molecule has 0 unspecified atom stereocenters. The van der Waals surface area contributed by atoms with E-state index in [4.69, 9.17) is 16.3 Å². The second kappa shape index (κ2) is 11.7. The van der Waals surface area contributed by atoms with Gasteiger partial charge in [0.1, 0.15) is 0 Å². The summed E-state index contributed by atoms with van der Waals surface area (Å²) in [4.78, 5) is 4.59. The Morgan fingerprint density at radius 1 is 1.30 bits per heavy atom. The molecule has 2 rings (SSSR count). The molecule has 0 saturated heterocycles. The molecule has 1 aromatic carbocycles. The molecule has 1 heterocycles. The molecule has 128 valence electrons. The third-order valence-corrected chi connectivity index (χ3v) is 3.87. The van der Waals surface area contributed by atoms with Crippen molar-refractivity contribution in [3.8, 4) is 0 Å².